The van der Waals surface area contributed by atoms with Crippen molar-refractivity contribution in [3.63, 3.8) is 0 Å². The Morgan fingerprint density at radius 1 is 1.20 bits per heavy atom. The predicted molar refractivity (Wildman–Crippen MR) is 63.8 cm³/mol. The summed E-state index contributed by atoms with van der Waals surface area (Å²) in [4.78, 5) is 23.9. The Morgan fingerprint density at radius 3 is 2.25 bits per heavy atom. The van der Waals surface area contributed by atoms with E-state index in [9.17, 15) is 22.8 Å². The highest BCUT2D eigenvalue weighted by atomic mass is 19.4. The largest absolute Gasteiger partial charge is 0.481 e. The van der Waals surface area contributed by atoms with E-state index in [-0.39, 0.29) is 18.9 Å². The Labute approximate surface area is 114 Å². The minimum atomic E-state index is -4.58. The lowest BCUT2D eigenvalue weighted by Gasteiger charge is -2.26. The molecule has 1 aliphatic carbocycles. The van der Waals surface area contributed by atoms with Crippen LogP contribution in [0, 0.1) is 17.8 Å². The van der Waals surface area contributed by atoms with Crippen molar-refractivity contribution >= 4 is 11.9 Å². The van der Waals surface area contributed by atoms with E-state index in [1.807, 2.05) is 0 Å². The Bertz CT molecular complexity index is 393. The van der Waals surface area contributed by atoms with E-state index >= 15 is 0 Å². The third kappa shape index (κ3) is 3.24. The van der Waals surface area contributed by atoms with Crippen molar-refractivity contribution in [2.45, 2.75) is 38.3 Å². The third-order valence-corrected chi connectivity index (χ3v) is 4.40. The van der Waals surface area contributed by atoms with Crippen LogP contribution in [0.4, 0.5) is 13.2 Å². The van der Waals surface area contributed by atoms with Gasteiger partial charge in [0.25, 0.3) is 0 Å². The van der Waals surface area contributed by atoms with Gasteiger partial charge in [0, 0.05) is 19.5 Å². The number of hydrogen-bond acceptors (Lipinski definition) is 2. The fourth-order valence-corrected chi connectivity index (χ4v) is 2.86. The van der Waals surface area contributed by atoms with Crippen molar-refractivity contribution in [1.82, 2.24) is 4.90 Å². The predicted octanol–water partition coefficient (Wildman–Crippen LogP) is 2.29. The highest BCUT2D eigenvalue weighted by molar-refractivity contribution is 5.79. The lowest BCUT2D eigenvalue weighted by atomic mass is 9.82. The number of rotatable bonds is 4. The van der Waals surface area contributed by atoms with E-state index in [0.717, 1.165) is 24.2 Å². The number of carboxylic acids is 1. The first-order chi connectivity index (χ1) is 9.29. The molecule has 1 amide bonds. The number of alkyl halides is 3. The van der Waals surface area contributed by atoms with Gasteiger partial charge in [-0.25, -0.2) is 0 Å². The van der Waals surface area contributed by atoms with E-state index in [4.69, 9.17) is 5.11 Å². The van der Waals surface area contributed by atoms with Gasteiger partial charge in [0.2, 0.25) is 5.91 Å². The number of likely N-dealkylation sites (tertiary alicyclic amines) is 1. The van der Waals surface area contributed by atoms with Crippen molar-refractivity contribution in [3.05, 3.63) is 0 Å². The topological polar surface area (TPSA) is 57.6 Å². The normalized spacial score (nSPS) is 27.4. The molecule has 0 radical (unpaired) electrons. The molecule has 20 heavy (non-hydrogen) atoms. The van der Waals surface area contributed by atoms with Crippen molar-refractivity contribution in [2.24, 2.45) is 17.8 Å². The highest BCUT2D eigenvalue weighted by Gasteiger charge is 2.53. The van der Waals surface area contributed by atoms with E-state index in [2.05, 4.69) is 0 Å². The second-order valence-corrected chi connectivity index (χ2v) is 5.73. The van der Waals surface area contributed by atoms with Gasteiger partial charge in [-0.2, -0.15) is 13.2 Å². The number of hydrogen-bond donors (Lipinski definition) is 1. The molecule has 114 valence electrons. The SMILES string of the molecule is O=C(O)[C@@H]1CN(C(=O)CCC2CCC2)C[C@H]1C(F)(F)F. The van der Waals surface area contributed by atoms with Crippen LogP contribution in [0.3, 0.4) is 0 Å². The molecule has 4 nitrogen and oxygen atoms in total. The van der Waals surface area contributed by atoms with Crippen molar-refractivity contribution < 1.29 is 27.9 Å². The van der Waals surface area contributed by atoms with Crippen molar-refractivity contribution in [3.8, 4) is 0 Å². The first-order valence-corrected chi connectivity index (χ1v) is 6.86. The van der Waals surface area contributed by atoms with Gasteiger partial charge >= 0.3 is 12.1 Å². The quantitative estimate of drug-likeness (QED) is 0.865. The van der Waals surface area contributed by atoms with Crippen LogP contribution < -0.4 is 0 Å². The van der Waals surface area contributed by atoms with Gasteiger partial charge < -0.3 is 10.0 Å². The average Bonchev–Trinajstić information content (AvgIpc) is 2.71. The average molecular weight is 293 g/mol. The summed E-state index contributed by atoms with van der Waals surface area (Å²) < 4.78 is 38.4. The molecule has 0 aromatic rings. The fourth-order valence-electron chi connectivity index (χ4n) is 2.86. The van der Waals surface area contributed by atoms with Crippen LogP contribution in [0.1, 0.15) is 32.1 Å². The molecule has 7 heteroatoms. The van der Waals surface area contributed by atoms with Gasteiger partial charge in [0.1, 0.15) is 0 Å². The van der Waals surface area contributed by atoms with Gasteiger partial charge in [-0.1, -0.05) is 19.3 Å². The second-order valence-electron chi connectivity index (χ2n) is 5.73. The fraction of sp³-hybridized carbons (Fsp3) is 0.846. The Kier molecular flexibility index (Phi) is 4.25. The van der Waals surface area contributed by atoms with Gasteiger partial charge in [-0.05, 0) is 12.3 Å². The monoisotopic (exact) mass is 293 g/mol. The van der Waals surface area contributed by atoms with Crippen LogP contribution in [0.15, 0.2) is 0 Å². The second kappa shape index (κ2) is 5.61. The van der Waals surface area contributed by atoms with Crippen LogP contribution in [-0.4, -0.2) is 41.1 Å². The molecule has 1 aliphatic heterocycles. The lowest BCUT2D eigenvalue weighted by Crippen LogP contribution is -2.34. The zero-order chi connectivity index (χ0) is 14.9. The van der Waals surface area contributed by atoms with Crippen molar-refractivity contribution in [1.29, 1.82) is 0 Å². The minimum Gasteiger partial charge on any atom is -0.481 e. The van der Waals surface area contributed by atoms with E-state index in [0.29, 0.717) is 12.3 Å². The Balaban J connectivity index is 1.92. The summed E-state index contributed by atoms with van der Waals surface area (Å²) in [5, 5.41) is 8.87. The number of carbonyl (C=O) groups is 2. The van der Waals surface area contributed by atoms with E-state index in [1.165, 1.54) is 0 Å². The molecule has 1 heterocycles. The number of aliphatic carboxylic acids is 1. The van der Waals surface area contributed by atoms with E-state index < -0.39 is 30.5 Å². The molecule has 2 atom stereocenters. The number of halogens is 3. The molecule has 0 unspecified atom stereocenters. The highest BCUT2D eigenvalue weighted by Crippen LogP contribution is 2.38. The number of nitrogens with zero attached hydrogens (tertiary/aromatic N) is 1. The molecule has 2 rings (SSSR count). The van der Waals surface area contributed by atoms with Gasteiger partial charge in [-0.15, -0.1) is 0 Å². The summed E-state index contributed by atoms with van der Waals surface area (Å²) in [6, 6.07) is 0. The van der Waals surface area contributed by atoms with Crippen LogP contribution >= 0.6 is 0 Å². The molecule has 0 aromatic heterocycles. The zero-order valence-electron chi connectivity index (χ0n) is 11.0. The third-order valence-electron chi connectivity index (χ3n) is 4.40. The first-order valence-electron chi connectivity index (χ1n) is 6.86. The molecule has 0 spiro atoms. The number of carboxylic acid groups (broad SMARTS) is 1. The van der Waals surface area contributed by atoms with Gasteiger partial charge in [0.05, 0.1) is 11.8 Å². The smallest absolute Gasteiger partial charge is 0.394 e. The molecule has 2 aliphatic rings. The van der Waals surface area contributed by atoms with E-state index in [1.54, 1.807) is 0 Å². The molecule has 0 aromatic carbocycles. The summed E-state index contributed by atoms with van der Waals surface area (Å²) in [5.41, 5.74) is 0. The standard InChI is InChI=1S/C13H18F3NO3/c14-13(15,16)10-7-17(6-9(10)12(19)20)11(18)5-4-8-2-1-3-8/h8-10H,1-7H2,(H,19,20)/t9-,10-/m1/s1. The maximum absolute atomic E-state index is 12.8. The van der Waals surface area contributed by atoms with Gasteiger partial charge in [-0.3, -0.25) is 9.59 Å². The maximum Gasteiger partial charge on any atom is 0.394 e. The summed E-state index contributed by atoms with van der Waals surface area (Å²) in [5.74, 6) is -4.82. The molecule has 2 fully saturated rings. The summed E-state index contributed by atoms with van der Waals surface area (Å²) in [7, 11) is 0. The molecule has 1 N–H and O–H groups in total. The Morgan fingerprint density at radius 2 is 1.85 bits per heavy atom. The molecular formula is C13H18F3NO3. The zero-order valence-corrected chi connectivity index (χ0v) is 11.0. The summed E-state index contributed by atoms with van der Waals surface area (Å²) in [6.45, 7) is -0.854. The number of carbonyl (C=O) groups excluding carboxylic acids is 1. The lowest BCUT2D eigenvalue weighted by molar-refractivity contribution is -0.188. The first kappa shape index (κ1) is 15.1. The number of amides is 1. The molecule has 0 bridgehead atoms. The van der Waals surface area contributed by atoms with Crippen LogP contribution in [0.2, 0.25) is 0 Å². The van der Waals surface area contributed by atoms with Crippen LogP contribution in [0.5, 0.6) is 0 Å². The summed E-state index contributed by atoms with van der Waals surface area (Å²) >= 11 is 0. The molecule has 1 saturated carbocycles. The maximum atomic E-state index is 12.8. The van der Waals surface area contributed by atoms with Gasteiger partial charge in [0.15, 0.2) is 0 Å². The van der Waals surface area contributed by atoms with Crippen LogP contribution in [0.25, 0.3) is 0 Å². The minimum absolute atomic E-state index is 0.224. The molecule has 1 saturated heterocycles. The summed E-state index contributed by atoms with van der Waals surface area (Å²) in [6.07, 6.45) is -0.344. The van der Waals surface area contributed by atoms with Crippen LogP contribution in [-0.2, 0) is 9.59 Å². The molecular weight excluding hydrogens is 275 g/mol. The van der Waals surface area contributed by atoms with Crippen molar-refractivity contribution in [2.75, 3.05) is 13.1 Å². The Hall–Kier alpha value is -1.27.